The quantitative estimate of drug-likeness (QED) is 0.721. The molecule has 0 aliphatic carbocycles. The average molecular weight is 329 g/mol. The van der Waals surface area contributed by atoms with Crippen molar-refractivity contribution >= 4 is 18.3 Å². The van der Waals surface area contributed by atoms with E-state index in [0.29, 0.717) is 11.3 Å². The Balaban J connectivity index is 2.18. The van der Waals surface area contributed by atoms with Gasteiger partial charge in [0.05, 0.1) is 5.69 Å². The van der Waals surface area contributed by atoms with Crippen LogP contribution in [0, 0.1) is 6.92 Å². The second-order valence-electron chi connectivity index (χ2n) is 5.76. The third-order valence-corrected chi connectivity index (χ3v) is 4.10. The SMILES string of the molecule is C=Nc1cc(C(=O)NC)ccc1-c1cnccc1-c1cccc(C)c1. The van der Waals surface area contributed by atoms with Crippen molar-refractivity contribution in [2.45, 2.75) is 6.92 Å². The van der Waals surface area contributed by atoms with E-state index in [1.807, 2.05) is 24.4 Å². The van der Waals surface area contributed by atoms with E-state index in [4.69, 9.17) is 0 Å². The molecule has 0 radical (unpaired) electrons. The monoisotopic (exact) mass is 329 g/mol. The molecule has 0 unspecified atom stereocenters. The average Bonchev–Trinajstić information content (AvgIpc) is 2.66. The number of hydrogen-bond acceptors (Lipinski definition) is 3. The second kappa shape index (κ2) is 7.09. The van der Waals surface area contributed by atoms with Gasteiger partial charge in [0.25, 0.3) is 5.91 Å². The maximum absolute atomic E-state index is 11.9. The summed E-state index contributed by atoms with van der Waals surface area (Å²) in [6, 6.07) is 15.7. The van der Waals surface area contributed by atoms with Gasteiger partial charge in [0, 0.05) is 36.1 Å². The predicted molar refractivity (Wildman–Crippen MR) is 102 cm³/mol. The van der Waals surface area contributed by atoms with E-state index < -0.39 is 0 Å². The molecule has 0 atom stereocenters. The number of benzene rings is 2. The normalized spacial score (nSPS) is 10.3. The third kappa shape index (κ3) is 3.33. The topological polar surface area (TPSA) is 54.4 Å². The van der Waals surface area contributed by atoms with Gasteiger partial charge in [0.1, 0.15) is 0 Å². The number of aryl methyl sites for hydroxylation is 1. The van der Waals surface area contributed by atoms with Crippen LogP contribution in [0.15, 0.2) is 65.9 Å². The summed E-state index contributed by atoms with van der Waals surface area (Å²) in [6.45, 7) is 5.73. The first-order valence-corrected chi connectivity index (χ1v) is 7.98. The van der Waals surface area contributed by atoms with Crippen molar-refractivity contribution < 1.29 is 4.79 Å². The fourth-order valence-electron chi connectivity index (χ4n) is 2.85. The predicted octanol–water partition coefficient (Wildman–Crippen LogP) is 4.42. The molecule has 1 aromatic heterocycles. The zero-order chi connectivity index (χ0) is 17.8. The number of amides is 1. The van der Waals surface area contributed by atoms with Gasteiger partial charge in [-0.3, -0.25) is 14.8 Å². The van der Waals surface area contributed by atoms with Crippen LogP contribution in [0.5, 0.6) is 0 Å². The molecule has 1 amide bonds. The Bertz CT molecular complexity index is 947. The molecule has 0 spiro atoms. The van der Waals surface area contributed by atoms with Crippen molar-refractivity contribution in [3.8, 4) is 22.3 Å². The summed E-state index contributed by atoms with van der Waals surface area (Å²) in [5.74, 6) is -0.151. The number of hydrogen-bond donors (Lipinski definition) is 1. The highest BCUT2D eigenvalue weighted by molar-refractivity contribution is 5.97. The van der Waals surface area contributed by atoms with Crippen molar-refractivity contribution in [3.63, 3.8) is 0 Å². The minimum absolute atomic E-state index is 0.151. The van der Waals surface area contributed by atoms with E-state index in [2.05, 4.69) is 47.1 Å². The molecule has 0 aliphatic heterocycles. The summed E-state index contributed by atoms with van der Waals surface area (Å²) in [6.07, 6.45) is 3.60. The fourth-order valence-corrected chi connectivity index (χ4v) is 2.85. The Morgan fingerprint density at radius 2 is 1.92 bits per heavy atom. The molecular weight excluding hydrogens is 310 g/mol. The highest BCUT2D eigenvalue weighted by atomic mass is 16.1. The van der Waals surface area contributed by atoms with Crippen molar-refractivity contribution in [2.24, 2.45) is 4.99 Å². The standard InChI is InChI=1S/C21H19N3O/c1-14-5-4-6-15(11-14)17-9-10-24-13-19(17)18-8-7-16(21(25)23-3)12-20(18)22-2/h4-13H,2H2,1,3H3,(H,23,25). The lowest BCUT2D eigenvalue weighted by Gasteiger charge is -2.13. The Morgan fingerprint density at radius 3 is 2.64 bits per heavy atom. The Hall–Kier alpha value is -3.27. The summed E-state index contributed by atoms with van der Waals surface area (Å²) in [5.41, 5.74) is 6.43. The Kier molecular flexibility index (Phi) is 4.70. The van der Waals surface area contributed by atoms with Crippen LogP contribution in [0.4, 0.5) is 5.69 Å². The van der Waals surface area contributed by atoms with Crippen LogP contribution in [-0.2, 0) is 0 Å². The molecule has 3 aromatic rings. The lowest BCUT2D eigenvalue weighted by molar-refractivity contribution is 0.0963. The van der Waals surface area contributed by atoms with E-state index in [-0.39, 0.29) is 5.91 Å². The number of aliphatic imine (C=N–C) groups is 1. The molecule has 0 bridgehead atoms. The number of carbonyl (C=O) groups excluding carboxylic acids is 1. The smallest absolute Gasteiger partial charge is 0.251 e. The second-order valence-corrected chi connectivity index (χ2v) is 5.76. The maximum atomic E-state index is 11.9. The van der Waals surface area contributed by atoms with Crippen LogP contribution in [-0.4, -0.2) is 24.7 Å². The summed E-state index contributed by atoms with van der Waals surface area (Å²) in [4.78, 5) is 20.3. The van der Waals surface area contributed by atoms with E-state index in [0.717, 1.165) is 22.3 Å². The van der Waals surface area contributed by atoms with Crippen molar-refractivity contribution in [1.29, 1.82) is 0 Å². The van der Waals surface area contributed by atoms with Gasteiger partial charge < -0.3 is 5.32 Å². The minimum Gasteiger partial charge on any atom is -0.355 e. The first-order chi connectivity index (χ1) is 12.1. The number of carbonyl (C=O) groups is 1. The molecule has 1 N–H and O–H groups in total. The lowest BCUT2D eigenvalue weighted by Crippen LogP contribution is -2.17. The largest absolute Gasteiger partial charge is 0.355 e. The number of aromatic nitrogens is 1. The zero-order valence-electron chi connectivity index (χ0n) is 14.3. The Morgan fingerprint density at radius 1 is 1.08 bits per heavy atom. The van der Waals surface area contributed by atoms with Gasteiger partial charge in [0.15, 0.2) is 0 Å². The molecule has 25 heavy (non-hydrogen) atoms. The van der Waals surface area contributed by atoms with Crippen LogP contribution >= 0.6 is 0 Å². The van der Waals surface area contributed by atoms with Crippen LogP contribution < -0.4 is 5.32 Å². The maximum Gasteiger partial charge on any atom is 0.251 e. The minimum atomic E-state index is -0.151. The van der Waals surface area contributed by atoms with Crippen molar-refractivity contribution in [2.75, 3.05) is 7.05 Å². The molecule has 4 nitrogen and oxygen atoms in total. The number of pyridine rings is 1. The Labute approximate surface area is 147 Å². The first-order valence-electron chi connectivity index (χ1n) is 7.98. The van der Waals surface area contributed by atoms with Gasteiger partial charge in [-0.2, -0.15) is 0 Å². The van der Waals surface area contributed by atoms with E-state index in [1.54, 1.807) is 25.4 Å². The van der Waals surface area contributed by atoms with E-state index >= 15 is 0 Å². The molecule has 3 rings (SSSR count). The molecular formula is C21H19N3O. The number of nitrogens with one attached hydrogen (secondary N) is 1. The summed E-state index contributed by atoms with van der Waals surface area (Å²) < 4.78 is 0. The number of nitrogens with zero attached hydrogens (tertiary/aromatic N) is 2. The first kappa shape index (κ1) is 16.6. The molecule has 2 aromatic carbocycles. The van der Waals surface area contributed by atoms with Gasteiger partial charge >= 0.3 is 0 Å². The lowest BCUT2D eigenvalue weighted by atomic mass is 9.94. The van der Waals surface area contributed by atoms with E-state index in [9.17, 15) is 4.79 Å². The van der Waals surface area contributed by atoms with Gasteiger partial charge in [-0.25, -0.2) is 0 Å². The molecule has 1 heterocycles. The molecule has 124 valence electrons. The van der Waals surface area contributed by atoms with Crippen molar-refractivity contribution in [3.05, 3.63) is 72.1 Å². The molecule has 0 aliphatic rings. The molecule has 0 saturated carbocycles. The highest BCUT2D eigenvalue weighted by Gasteiger charge is 2.13. The number of rotatable bonds is 4. The van der Waals surface area contributed by atoms with Crippen LogP contribution in [0.1, 0.15) is 15.9 Å². The van der Waals surface area contributed by atoms with Crippen LogP contribution in [0.2, 0.25) is 0 Å². The van der Waals surface area contributed by atoms with E-state index in [1.165, 1.54) is 5.56 Å². The fraction of sp³-hybridized carbons (Fsp3) is 0.0952. The molecule has 0 saturated heterocycles. The van der Waals surface area contributed by atoms with Gasteiger partial charge in [-0.05, 0) is 43.0 Å². The summed E-state index contributed by atoms with van der Waals surface area (Å²) in [7, 11) is 1.61. The molecule has 4 heteroatoms. The summed E-state index contributed by atoms with van der Waals surface area (Å²) in [5, 5.41) is 2.62. The summed E-state index contributed by atoms with van der Waals surface area (Å²) >= 11 is 0. The third-order valence-electron chi connectivity index (χ3n) is 4.10. The highest BCUT2D eigenvalue weighted by Crippen LogP contribution is 2.37. The van der Waals surface area contributed by atoms with Gasteiger partial charge in [-0.15, -0.1) is 0 Å². The van der Waals surface area contributed by atoms with Crippen LogP contribution in [0.3, 0.4) is 0 Å². The van der Waals surface area contributed by atoms with Gasteiger partial charge in [0.2, 0.25) is 0 Å². The van der Waals surface area contributed by atoms with Crippen LogP contribution in [0.25, 0.3) is 22.3 Å². The van der Waals surface area contributed by atoms with Gasteiger partial charge in [-0.1, -0.05) is 35.9 Å². The molecule has 0 fully saturated rings. The van der Waals surface area contributed by atoms with Crippen molar-refractivity contribution in [1.82, 2.24) is 10.3 Å². The zero-order valence-corrected chi connectivity index (χ0v) is 14.3.